The number of rotatable bonds is 7. The molecular formula is C42H32ClN7O5. The normalized spacial score (nSPS) is 15.1. The van der Waals surface area contributed by atoms with Gasteiger partial charge in [-0.05, 0) is 71.0 Å². The largest absolute Gasteiger partial charge is 0.355 e. The molecule has 3 N–H and O–H groups in total. The first kappa shape index (κ1) is 35.2. The molecule has 3 aromatic heterocycles. The number of halogens is 1. The van der Waals surface area contributed by atoms with Crippen LogP contribution in [-0.4, -0.2) is 68.1 Å². The van der Waals surface area contributed by atoms with E-state index in [1.165, 1.54) is 8.99 Å². The lowest BCUT2D eigenvalue weighted by Gasteiger charge is -2.29. The Morgan fingerprint density at radius 2 is 1.75 bits per heavy atom. The fraction of sp³-hybridized carbons (Fsp3) is 0.167. The van der Waals surface area contributed by atoms with Gasteiger partial charge < -0.3 is 15.5 Å². The van der Waals surface area contributed by atoms with Gasteiger partial charge in [-0.3, -0.25) is 43.3 Å². The Balaban J connectivity index is 0.910. The van der Waals surface area contributed by atoms with Crippen LogP contribution in [0.25, 0.3) is 44.1 Å². The first-order valence-corrected chi connectivity index (χ1v) is 18.0. The van der Waals surface area contributed by atoms with Gasteiger partial charge in [-0.2, -0.15) is 0 Å². The number of piperidine rings is 1. The molecule has 1 fully saturated rings. The summed E-state index contributed by atoms with van der Waals surface area (Å²) in [6.45, 7) is 0.529. The number of carbonyl (C=O) groups is 5. The zero-order chi connectivity index (χ0) is 38.2. The van der Waals surface area contributed by atoms with Crippen molar-refractivity contribution in [1.29, 1.82) is 0 Å². The Kier molecular flexibility index (Phi) is 9.30. The third-order valence-electron chi connectivity index (χ3n) is 9.94. The molecule has 12 nitrogen and oxygen atoms in total. The van der Waals surface area contributed by atoms with Gasteiger partial charge in [0.15, 0.2) is 0 Å². The van der Waals surface area contributed by atoms with Crippen LogP contribution in [0.3, 0.4) is 0 Å². The molecule has 5 amide bonds. The third kappa shape index (κ3) is 6.66. The molecule has 55 heavy (non-hydrogen) atoms. The number of nitrogens with zero attached hydrogens (tertiary/aromatic N) is 4. The van der Waals surface area contributed by atoms with Crippen LogP contribution < -0.4 is 16.0 Å². The number of imide groups is 1. The zero-order valence-corrected chi connectivity index (χ0v) is 30.2. The molecule has 2 aliphatic heterocycles. The van der Waals surface area contributed by atoms with Gasteiger partial charge in [0.05, 0.1) is 16.8 Å². The van der Waals surface area contributed by atoms with Gasteiger partial charge in [-0.15, -0.1) is 0 Å². The summed E-state index contributed by atoms with van der Waals surface area (Å²) < 4.78 is 1.42. The lowest BCUT2D eigenvalue weighted by Crippen LogP contribution is -2.52. The van der Waals surface area contributed by atoms with Crippen LogP contribution in [-0.2, 0) is 16.1 Å². The SMILES string of the molecule is CNC(=O)c1cn(Cl)c2ccc(-c3cccc4cc(-c5ccc(C(=O)NCCC#Cc6cccc7c6CN(C6CCC(=O)NC6=O)C7=O)nc5)ncc34)cc12. The number of aromatic nitrogens is 3. The van der Waals surface area contributed by atoms with Crippen molar-refractivity contribution in [2.75, 3.05) is 13.6 Å². The second-order valence-electron chi connectivity index (χ2n) is 13.2. The molecule has 13 heteroatoms. The van der Waals surface area contributed by atoms with Crippen molar-refractivity contribution in [2.24, 2.45) is 0 Å². The Morgan fingerprint density at radius 1 is 0.927 bits per heavy atom. The molecule has 0 aliphatic carbocycles. The molecule has 5 heterocycles. The highest BCUT2D eigenvalue weighted by molar-refractivity contribution is 6.22. The molecule has 272 valence electrons. The van der Waals surface area contributed by atoms with Crippen molar-refractivity contribution in [3.63, 3.8) is 0 Å². The molecule has 0 saturated carbocycles. The van der Waals surface area contributed by atoms with E-state index in [1.54, 1.807) is 43.7 Å². The van der Waals surface area contributed by atoms with Crippen molar-refractivity contribution >= 4 is 63.0 Å². The minimum atomic E-state index is -0.695. The minimum Gasteiger partial charge on any atom is -0.355 e. The summed E-state index contributed by atoms with van der Waals surface area (Å²) in [4.78, 5) is 73.1. The van der Waals surface area contributed by atoms with E-state index in [4.69, 9.17) is 16.8 Å². The summed E-state index contributed by atoms with van der Waals surface area (Å²) >= 11 is 6.34. The van der Waals surface area contributed by atoms with Crippen molar-refractivity contribution in [1.82, 2.24) is 34.9 Å². The molecule has 0 bridgehead atoms. The Hall–Kier alpha value is -6.84. The predicted octanol–water partition coefficient (Wildman–Crippen LogP) is 5.21. The van der Waals surface area contributed by atoms with Crippen LogP contribution in [0.15, 0.2) is 91.4 Å². The second-order valence-corrected chi connectivity index (χ2v) is 13.6. The summed E-state index contributed by atoms with van der Waals surface area (Å²) in [6, 6.07) is 21.8. The number of benzene rings is 3. The highest BCUT2D eigenvalue weighted by Crippen LogP contribution is 2.34. The summed E-state index contributed by atoms with van der Waals surface area (Å²) in [7, 11) is 1.58. The topological polar surface area (TPSA) is 155 Å². The smallest absolute Gasteiger partial charge is 0.269 e. The van der Waals surface area contributed by atoms with Crippen molar-refractivity contribution in [3.05, 3.63) is 119 Å². The molecular weight excluding hydrogens is 718 g/mol. The number of amides is 5. The molecule has 6 aromatic rings. The van der Waals surface area contributed by atoms with E-state index in [-0.39, 0.29) is 48.8 Å². The first-order valence-electron chi connectivity index (χ1n) is 17.6. The lowest BCUT2D eigenvalue weighted by molar-refractivity contribution is -0.136. The monoisotopic (exact) mass is 749 g/mol. The van der Waals surface area contributed by atoms with E-state index in [1.807, 2.05) is 54.7 Å². The second kappa shape index (κ2) is 14.5. The summed E-state index contributed by atoms with van der Waals surface area (Å²) in [5.41, 5.74) is 6.73. The number of hydrogen-bond acceptors (Lipinski definition) is 7. The predicted molar refractivity (Wildman–Crippen MR) is 207 cm³/mol. The number of nitrogens with one attached hydrogen (secondary N) is 3. The number of hydrogen-bond donors (Lipinski definition) is 3. The average Bonchev–Trinajstić information content (AvgIpc) is 3.72. The molecule has 0 spiro atoms. The van der Waals surface area contributed by atoms with Gasteiger partial charge in [-0.25, -0.2) is 0 Å². The molecule has 3 aromatic carbocycles. The van der Waals surface area contributed by atoms with E-state index in [0.29, 0.717) is 35.2 Å². The van der Waals surface area contributed by atoms with Gasteiger partial charge in [0.1, 0.15) is 11.7 Å². The van der Waals surface area contributed by atoms with Gasteiger partial charge in [0.2, 0.25) is 11.8 Å². The van der Waals surface area contributed by atoms with E-state index in [0.717, 1.165) is 43.9 Å². The summed E-state index contributed by atoms with van der Waals surface area (Å²) in [5, 5.41) is 10.5. The third-order valence-corrected chi connectivity index (χ3v) is 10.2. The van der Waals surface area contributed by atoms with Gasteiger partial charge in [0, 0.05) is 90.8 Å². The fourth-order valence-corrected chi connectivity index (χ4v) is 7.37. The molecule has 1 atom stereocenters. The van der Waals surface area contributed by atoms with Gasteiger partial charge in [0.25, 0.3) is 17.7 Å². The minimum absolute atomic E-state index is 0.188. The van der Waals surface area contributed by atoms with E-state index >= 15 is 0 Å². The van der Waals surface area contributed by atoms with Crippen molar-refractivity contribution < 1.29 is 24.0 Å². The van der Waals surface area contributed by atoms with Gasteiger partial charge >= 0.3 is 0 Å². The molecule has 0 radical (unpaired) electrons. The summed E-state index contributed by atoms with van der Waals surface area (Å²) in [6.07, 6.45) is 5.88. The highest BCUT2D eigenvalue weighted by atomic mass is 35.5. The maximum Gasteiger partial charge on any atom is 0.269 e. The van der Waals surface area contributed by atoms with Gasteiger partial charge in [-0.1, -0.05) is 42.2 Å². The Bertz CT molecular complexity index is 2660. The lowest BCUT2D eigenvalue weighted by atomic mass is 9.97. The Labute approximate surface area is 320 Å². The van der Waals surface area contributed by atoms with Crippen LogP contribution in [0, 0.1) is 11.8 Å². The maximum atomic E-state index is 13.1. The Morgan fingerprint density at radius 3 is 2.55 bits per heavy atom. The van der Waals surface area contributed by atoms with E-state index < -0.39 is 11.9 Å². The maximum absolute atomic E-state index is 13.1. The molecule has 2 aliphatic rings. The molecule has 1 saturated heterocycles. The quantitative estimate of drug-likeness (QED) is 0.115. The van der Waals surface area contributed by atoms with Crippen molar-refractivity contribution in [2.45, 2.75) is 31.8 Å². The van der Waals surface area contributed by atoms with Crippen LogP contribution in [0.2, 0.25) is 0 Å². The van der Waals surface area contributed by atoms with E-state index in [9.17, 15) is 24.0 Å². The van der Waals surface area contributed by atoms with Crippen LogP contribution in [0.4, 0.5) is 0 Å². The number of carbonyl (C=O) groups excluding carboxylic acids is 5. The van der Waals surface area contributed by atoms with E-state index in [2.05, 4.69) is 32.8 Å². The van der Waals surface area contributed by atoms with Crippen LogP contribution in [0.1, 0.15) is 61.6 Å². The number of fused-ring (bicyclic) bond motifs is 3. The highest BCUT2D eigenvalue weighted by Gasteiger charge is 2.39. The zero-order valence-electron chi connectivity index (χ0n) is 29.5. The van der Waals surface area contributed by atoms with Crippen molar-refractivity contribution in [3.8, 4) is 34.2 Å². The number of pyridine rings is 2. The summed E-state index contributed by atoms with van der Waals surface area (Å²) in [5.74, 6) is 4.58. The standard InChI is InChI=1S/C42H32ClN7O5/c1-44-39(52)33-23-50(43)36-14-12-26(18-30(33)36)28-9-5-8-25-19-35(47-21-31(25)28)27-11-13-34(46-20-27)40(53)45-17-3-2-6-24-7-4-10-29-32(24)22-49(42(29)55)37-15-16-38(51)48-41(37)54/h4-5,7-14,18-21,23,37H,3,15-17,22H2,1H3,(H,44,52)(H,45,53)(H,48,51,54). The molecule has 1 unspecified atom stereocenters. The first-order chi connectivity index (χ1) is 26.7. The fourth-order valence-electron chi connectivity index (χ4n) is 7.12. The van der Waals surface area contributed by atoms with Crippen LogP contribution in [0.5, 0.6) is 0 Å². The van der Waals surface area contributed by atoms with Crippen LogP contribution >= 0.6 is 11.8 Å². The molecule has 8 rings (SSSR count). The average molecular weight is 750 g/mol.